The first kappa shape index (κ1) is 16.9. The maximum atomic E-state index is 12.4. The molecule has 1 aromatic carbocycles. The van der Waals surface area contributed by atoms with Gasteiger partial charge in [-0.25, -0.2) is 9.89 Å². The predicted molar refractivity (Wildman–Crippen MR) is 93.1 cm³/mol. The number of methoxy groups -OCH3 is 1. The highest BCUT2D eigenvalue weighted by Gasteiger charge is 2.30. The lowest BCUT2D eigenvalue weighted by Crippen LogP contribution is -2.23. The number of hydrogen-bond acceptors (Lipinski definition) is 5. The number of rotatable bonds is 6. The molecule has 1 amide bonds. The number of aromatic nitrogens is 3. The predicted octanol–water partition coefficient (Wildman–Crippen LogP) is 2.69. The van der Waals surface area contributed by atoms with Crippen LogP contribution in [-0.2, 0) is 4.79 Å². The number of halogens is 1. The Labute approximate surface area is 147 Å². The summed E-state index contributed by atoms with van der Waals surface area (Å²) in [6.45, 7) is 1.77. The molecule has 1 saturated carbocycles. The molecule has 0 spiro atoms. The number of nitrogens with zero attached hydrogens (tertiary/aromatic N) is 2. The molecule has 1 heterocycles. The van der Waals surface area contributed by atoms with Crippen LogP contribution in [0.15, 0.2) is 28.2 Å². The fraction of sp³-hybridized carbons (Fsp3) is 0.400. The van der Waals surface area contributed by atoms with Crippen molar-refractivity contribution < 1.29 is 9.53 Å². The van der Waals surface area contributed by atoms with Gasteiger partial charge in [0.25, 0.3) is 0 Å². The van der Waals surface area contributed by atoms with Gasteiger partial charge in [0.05, 0.1) is 17.4 Å². The molecular formula is C15H17ClN4O3S. The Morgan fingerprint density at radius 2 is 2.29 bits per heavy atom. The molecule has 128 valence electrons. The summed E-state index contributed by atoms with van der Waals surface area (Å²) in [7, 11) is 1.53. The Hall–Kier alpha value is -1.93. The number of thioether (sulfide) groups is 1. The van der Waals surface area contributed by atoms with Crippen molar-refractivity contribution in [1.82, 2.24) is 14.8 Å². The number of nitrogens with one attached hydrogen (secondary N) is 2. The van der Waals surface area contributed by atoms with Crippen LogP contribution < -0.4 is 15.7 Å². The van der Waals surface area contributed by atoms with Crippen molar-refractivity contribution in [2.75, 3.05) is 12.4 Å². The van der Waals surface area contributed by atoms with Gasteiger partial charge in [0.1, 0.15) is 5.75 Å². The molecule has 1 atom stereocenters. The highest BCUT2D eigenvalue weighted by molar-refractivity contribution is 8.00. The van der Waals surface area contributed by atoms with E-state index in [0.717, 1.165) is 12.8 Å². The number of aromatic amines is 1. The first-order valence-electron chi connectivity index (χ1n) is 7.47. The maximum absolute atomic E-state index is 12.4. The summed E-state index contributed by atoms with van der Waals surface area (Å²) in [5.74, 6) is 0.348. The molecule has 0 radical (unpaired) electrons. The van der Waals surface area contributed by atoms with E-state index < -0.39 is 5.25 Å². The number of H-pyrrole nitrogens is 1. The molecule has 1 aliphatic rings. The lowest BCUT2D eigenvalue weighted by molar-refractivity contribution is -0.115. The quantitative estimate of drug-likeness (QED) is 0.765. The van der Waals surface area contributed by atoms with Crippen LogP contribution in [0.25, 0.3) is 0 Å². The Bertz CT molecular complexity index is 815. The number of carbonyl (C=O) groups is 1. The minimum atomic E-state index is -0.418. The van der Waals surface area contributed by atoms with Gasteiger partial charge < -0.3 is 10.1 Å². The number of ether oxygens (including phenoxy) is 1. The molecule has 0 bridgehead atoms. The van der Waals surface area contributed by atoms with E-state index in [4.69, 9.17) is 16.3 Å². The van der Waals surface area contributed by atoms with E-state index >= 15 is 0 Å². The van der Waals surface area contributed by atoms with Crippen LogP contribution in [0.1, 0.15) is 25.8 Å². The number of benzene rings is 1. The van der Waals surface area contributed by atoms with Crippen LogP contribution in [0, 0.1) is 0 Å². The van der Waals surface area contributed by atoms with Crippen LogP contribution >= 0.6 is 23.4 Å². The van der Waals surface area contributed by atoms with Crippen LogP contribution in [0.2, 0.25) is 5.02 Å². The summed E-state index contributed by atoms with van der Waals surface area (Å²) in [5.41, 5.74) is 0.356. The van der Waals surface area contributed by atoms with Crippen molar-refractivity contribution >= 4 is 35.0 Å². The third kappa shape index (κ3) is 3.59. The molecule has 3 rings (SSSR count). The van der Waals surface area contributed by atoms with Crippen molar-refractivity contribution in [3.8, 4) is 5.75 Å². The summed E-state index contributed by atoms with van der Waals surface area (Å²) in [4.78, 5) is 24.1. The van der Waals surface area contributed by atoms with Crippen molar-refractivity contribution in [3.63, 3.8) is 0 Å². The minimum absolute atomic E-state index is 0.195. The summed E-state index contributed by atoms with van der Waals surface area (Å²) in [6, 6.07) is 5.24. The Balaban J connectivity index is 1.67. The second-order valence-electron chi connectivity index (χ2n) is 5.51. The monoisotopic (exact) mass is 368 g/mol. The van der Waals surface area contributed by atoms with Crippen molar-refractivity contribution in [3.05, 3.63) is 33.7 Å². The smallest absolute Gasteiger partial charge is 0.344 e. The summed E-state index contributed by atoms with van der Waals surface area (Å²) in [5, 5.41) is 9.80. The molecular weight excluding hydrogens is 352 g/mol. The fourth-order valence-corrected chi connectivity index (χ4v) is 3.41. The second-order valence-corrected chi connectivity index (χ2v) is 7.23. The molecule has 2 N–H and O–H groups in total. The highest BCUT2D eigenvalue weighted by atomic mass is 35.5. The number of amides is 1. The molecule has 24 heavy (non-hydrogen) atoms. The van der Waals surface area contributed by atoms with E-state index in [9.17, 15) is 9.59 Å². The zero-order valence-corrected chi connectivity index (χ0v) is 14.8. The normalized spacial score (nSPS) is 15.1. The van der Waals surface area contributed by atoms with E-state index in [1.807, 2.05) is 0 Å². The van der Waals surface area contributed by atoms with Gasteiger partial charge in [0, 0.05) is 11.7 Å². The third-order valence-corrected chi connectivity index (χ3v) is 5.02. The highest BCUT2D eigenvalue weighted by Crippen LogP contribution is 2.37. The largest absolute Gasteiger partial charge is 0.495 e. The van der Waals surface area contributed by atoms with Crippen molar-refractivity contribution in [2.24, 2.45) is 0 Å². The molecule has 0 unspecified atom stereocenters. The van der Waals surface area contributed by atoms with E-state index in [1.54, 1.807) is 29.7 Å². The van der Waals surface area contributed by atoms with Crippen LogP contribution in [0.3, 0.4) is 0 Å². The van der Waals surface area contributed by atoms with Gasteiger partial charge in [0.15, 0.2) is 5.16 Å². The first-order valence-corrected chi connectivity index (χ1v) is 8.73. The summed E-state index contributed by atoms with van der Waals surface area (Å²) >= 11 is 7.30. The lowest BCUT2D eigenvalue weighted by atomic mass is 10.3. The van der Waals surface area contributed by atoms with E-state index in [0.29, 0.717) is 21.6 Å². The van der Waals surface area contributed by atoms with Crippen molar-refractivity contribution in [1.29, 1.82) is 0 Å². The van der Waals surface area contributed by atoms with Gasteiger partial charge in [-0.1, -0.05) is 23.4 Å². The van der Waals surface area contributed by atoms with E-state index in [1.165, 1.54) is 18.9 Å². The number of hydrogen-bond donors (Lipinski definition) is 2. The van der Waals surface area contributed by atoms with Gasteiger partial charge in [-0.05, 0) is 38.0 Å². The lowest BCUT2D eigenvalue weighted by Gasteiger charge is -2.13. The molecule has 2 aromatic rings. The SMILES string of the molecule is COc1ccc(NC(=O)[C@@H](C)Sc2n[nH]c(=O)n2C2CC2)cc1Cl. The standard InChI is InChI=1S/C15H17ClN4O3S/c1-8(24-15-19-18-14(22)20(15)10-4-5-10)13(21)17-9-3-6-12(23-2)11(16)7-9/h3,6-8,10H,4-5H2,1-2H3,(H,17,21)(H,18,22)/t8-/m1/s1. The Morgan fingerprint density at radius 3 is 2.92 bits per heavy atom. The first-order chi connectivity index (χ1) is 11.5. The number of anilines is 1. The third-order valence-electron chi connectivity index (χ3n) is 3.65. The van der Waals surface area contributed by atoms with Crippen molar-refractivity contribution in [2.45, 2.75) is 36.2 Å². The van der Waals surface area contributed by atoms with Gasteiger partial charge in [0.2, 0.25) is 5.91 Å². The average molecular weight is 369 g/mol. The second kappa shape index (κ2) is 6.90. The molecule has 9 heteroatoms. The van der Waals surface area contributed by atoms with E-state index in [-0.39, 0.29) is 17.6 Å². The van der Waals surface area contributed by atoms with Gasteiger partial charge >= 0.3 is 5.69 Å². The van der Waals surface area contributed by atoms with Crippen LogP contribution in [0.4, 0.5) is 5.69 Å². The molecule has 0 aliphatic heterocycles. The molecule has 1 aromatic heterocycles. The molecule has 0 saturated heterocycles. The number of carbonyl (C=O) groups excluding carboxylic acids is 1. The summed E-state index contributed by atoms with van der Waals surface area (Å²) in [6.07, 6.45) is 1.94. The zero-order valence-electron chi connectivity index (χ0n) is 13.2. The van der Waals surface area contributed by atoms with Gasteiger partial charge in [-0.3, -0.25) is 9.36 Å². The minimum Gasteiger partial charge on any atom is -0.495 e. The van der Waals surface area contributed by atoms with Gasteiger partial charge in [-0.2, -0.15) is 0 Å². The topological polar surface area (TPSA) is 89.0 Å². The fourth-order valence-electron chi connectivity index (χ4n) is 2.23. The van der Waals surface area contributed by atoms with E-state index in [2.05, 4.69) is 15.5 Å². The molecule has 1 fully saturated rings. The molecule has 1 aliphatic carbocycles. The Morgan fingerprint density at radius 1 is 1.54 bits per heavy atom. The van der Waals surface area contributed by atoms with Crippen LogP contribution in [0.5, 0.6) is 5.75 Å². The van der Waals surface area contributed by atoms with Gasteiger partial charge in [-0.15, -0.1) is 5.10 Å². The summed E-state index contributed by atoms with van der Waals surface area (Å²) < 4.78 is 6.71. The van der Waals surface area contributed by atoms with Crippen LogP contribution in [-0.4, -0.2) is 33.0 Å². The zero-order chi connectivity index (χ0) is 17.3. The Kier molecular flexibility index (Phi) is 4.86. The maximum Gasteiger partial charge on any atom is 0.344 e. The average Bonchev–Trinajstić information content (AvgIpc) is 3.31. The molecule has 7 nitrogen and oxygen atoms in total.